The highest BCUT2D eigenvalue weighted by Gasteiger charge is 2.56. The summed E-state index contributed by atoms with van der Waals surface area (Å²) >= 11 is 1.99. The zero-order valence-electron chi connectivity index (χ0n) is 9.63. The molecule has 2 N–H and O–H groups in total. The third-order valence-corrected chi connectivity index (χ3v) is 3.66. The lowest BCUT2D eigenvalue weighted by Crippen LogP contribution is -2.49. The Labute approximate surface area is 104 Å². The van der Waals surface area contributed by atoms with Crippen LogP contribution in [0.5, 0.6) is 0 Å². The Hall–Kier alpha value is 0.120. The monoisotopic (exact) mass is 328 g/mol. The topological polar surface area (TPSA) is 52.4 Å². The van der Waals surface area contributed by atoms with Crippen molar-refractivity contribution in [2.24, 2.45) is 0 Å². The van der Waals surface area contributed by atoms with Gasteiger partial charge in [-0.1, -0.05) is 27.7 Å². The van der Waals surface area contributed by atoms with Gasteiger partial charge in [-0.3, -0.25) is 4.79 Å². The molecule has 1 atom stereocenters. The van der Waals surface area contributed by atoms with Crippen LogP contribution < -0.4 is 0 Å². The minimum absolute atomic E-state index is 0.188. The van der Waals surface area contributed by atoms with E-state index in [2.05, 4.69) is 0 Å². The van der Waals surface area contributed by atoms with Crippen LogP contribution in [0.25, 0.3) is 0 Å². The van der Waals surface area contributed by atoms with E-state index in [-0.39, 0.29) is 17.6 Å². The van der Waals surface area contributed by atoms with Gasteiger partial charge < -0.3 is 9.94 Å². The number of hydrogen-bond donors (Lipinski definition) is 0. The number of alkyl halides is 1. The van der Waals surface area contributed by atoms with E-state index in [1.807, 2.05) is 50.3 Å². The van der Waals surface area contributed by atoms with Gasteiger partial charge in [0.25, 0.3) is 0 Å². The number of rotatable bonds is 2. The molecule has 1 aliphatic rings. The standard InChI is InChI=1S/C10H18INO3/c1-9(2)5-7(15-8(13)6-11)10(3,4)12(9)14/h7,14H,5-6H2,1-4H3/p+1. The molecule has 0 saturated carbocycles. The number of hydroxylamine groups is 2. The Bertz CT molecular complexity index is 265. The molecule has 0 aromatic carbocycles. The average Bonchev–Trinajstić information content (AvgIpc) is 2.27. The van der Waals surface area contributed by atoms with Crippen molar-refractivity contribution in [2.45, 2.75) is 51.3 Å². The van der Waals surface area contributed by atoms with Gasteiger partial charge in [0, 0.05) is 6.42 Å². The quantitative estimate of drug-likeness (QED) is 0.332. The van der Waals surface area contributed by atoms with E-state index in [1.165, 1.54) is 0 Å². The van der Waals surface area contributed by atoms with Crippen molar-refractivity contribution in [3.05, 3.63) is 0 Å². The van der Waals surface area contributed by atoms with Crippen LogP contribution >= 0.6 is 22.6 Å². The summed E-state index contributed by atoms with van der Waals surface area (Å²) < 4.78 is 5.74. The predicted octanol–water partition coefficient (Wildman–Crippen LogP) is 1.24. The van der Waals surface area contributed by atoms with Gasteiger partial charge in [0.05, 0.1) is 9.97 Å². The van der Waals surface area contributed by atoms with Gasteiger partial charge >= 0.3 is 5.97 Å². The van der Waals surface area contributed by atoms with Crippen LogP contribution in [0, 0.1) is 0 Å². The molecule has 0 aliphatic carbocycles. The van der Waals surface area contributed by atoms with Crippen molar-refractivity contribution in [1.82, 2.24) is 5.06 Å². The van der Waals surface area contributed by atoms with E-state index in [0.29, 0.717) is 10.8 Å². The second-order valence-corrected chi connectivity index (χ2v) is 5.88. The average molecular weight is 328 g/mol. The Morgan fingerprint density at radius 3 is 2.40 bits per heavy atom. The van der Waals surface area contributed by atoms with Crippen molar-refractivity contribution in [2.75, 3.05) is 4.43 Å². The van der Waals surface area contributed by atoms with Gasteiger partial charge in [0.2, 0.25) is 0 Å². The molecule has 1 aliphatic heterocycles. The van der Waals surface area contributed by atoms with Gasteiger partial charge in [-0.15, -0.1) is 0 Å². The van der Waals surface area contributed by atoms with Crippen molar-refractivity contribution < 1.29 is 14.7 Å². The van der Waals surface area contributed by atoms with Crippen LogP contribution in [0.2, 0.25) is 0 Å². The summed E-state index contributed by atoms with van der Waals surface area (Å²) in [7, 11) is 0. The second kappa shape index (κ2) is 4.18. The summed E-state index contributed by atoms with van der Waals surface area (Å²) in [5.74, 6) is -0.195. The molecule has 1 unspecified atom stereocenters. The second-order valence-electron chi connectivity index (χ2n) is 5.12. The first-order chi connectivity index (χ1) is 6.71. The lowest BCUT2D eigenvalue weighted by molar-refractivity contribution is -0.205. The van der Waals surface area contributed by atoms with Crippen LogP contribution in [-0.4, -0.2) is 37.8 Å². The van der Waals surface area contributed by atoms with Crippen LogP contribution in [0.1, 0.15) is 34.1 Å². The highest BCUT2D eigenvalue weighted by atomic mass is 127. The summed E-state index contributed by atoms with van der Waals surface area (Å²) in [5.41, 5.74) is -0.648. The van der Waals surface area contributed by atoms with Gasteiger partial charge in [0.1, 0.15) is 11.6 Å². The number of carbonyl (C=O) groups is 1. The van der Waals surface area contributed by atoms with Crippen LogP contribution in [0.15, 0.2) is 0 Å². The highest BCUT2D eigenvalue weighted by molar-refractivity contribution is 14.1. The summed E-state index contributed by atoms with van der Waals surface area (Å²) in [6.45, 7) is 7.89. The minimum Gasteiger partial charge on any atom is -0.459 e. The maximum absolute atomic E-state index is 11.3. The molecule has 1 saturated heterocycles. The molecule has 0 radical (unpaired) electrons. The lowest BCUT2D eigenvalue weighted by Gasteiger charge is -2.30. The van der Waals surface area contributed by atoms with Crippen LogP contribution in [0.3, 0.4) is 0 Å². The fraction of sp³-hybridized carbons (Fsp3) is 0.900. The molecular weight excluding hydrogens is 309 g/mol. The molecule has 1 rings (SSSR count). The maximum Gasteiger partial charge on any atom is 0.316 e. The first-order valence-corrected chi connectivity index (χ1v) is 6.51. The third kappa shape index (κ3) is 2.45. The first kappa shape index (κ1) is 13.2. The summed E-state index contributed by atoms with van der Waals surface area (Å²) in [6.07, 6.45) is 0.526. The summed E-state index contributed by atoms with van der Waals surface area (Å²) in [4.78, 5) is 11.3. The zero-order chi connectivity index (χ0) is 11.9. The van der Waals surface area contributed by atoms with Crippen molar-refractivity contribution in [3.63, 3.8) is 0 Å². The molecule has 0 spiro atoms. The molecule has 15 heavy (non-hydrogen) atoms. The normalized spacial score (nSPS) is 29.1. The number of ether oxygens (including phenoxy) is 1. The van der Waals surface area contributed by atoms with E-state index in [1.54, 1.807) is 5.06 Å². The molecular formula is C10H19INO3+. The van der Waals surface area contributed by atoms with E-state index < -0.39 is 5.54 Å². The van der Waals surface area contributed by atoms with Gasteiger partial charge in [-0.2, -0.15) is 0 Å². The largest absolute Gasteiger partial charge is 0.459 e. The summed E-state index contributed by atoms with van der Waals surface area (Å²) in [5, 5.41) is 9.56. The fourth-order valence-electron chi connectivity index (χ4n) is 2.09. The molecule has 0 bridgehead atoms. The third-order valence-electron chi connectivity index (χ3n) is 3.04. The number of halogens is 1. The van der Waals surface area contributed by atoms with Gasteiger partial charge in [0.15, 0.2) is 0 Å². The van der Waals surface area contributed by atoms with Crippen molar-refractivity contribution in [3.8, 4) is 0 Å². The molecule has 1 heterocycles. The zero-order valence-corrected chi connectivity index (χ0v) is 11.8. The van der Waals surface area contributed by atoms with E-state index in [9.17, 15) is 4.79 Å². The lowest BCUT2D eigenvalue weighted by atomic mass is 9.97. The number of hydrogen-bond acceptors (Lipinski definition) is 3. The van der Waals surface area contributed by atoms with E-state index >= 15 is 0 Å². The molecule has 88 valence electrons. The number of nitrogens with zero attached hydrogens (tertiary/aromatic N) is 1. The molecule has 1 fully saturated rings. The van der Waals surface area contributed by atoms with E-state index in [4.69, 9.17) is 9.94 Å². The van der Waals surface area contributed by atoms with Crippen molar-refractivity contribution >= 4 is 28.6 Å². The smallest absolute Gasteiger partial charge is 0.316 e. The Morgan fingerprint density at radius 2 is 2.07 bits per heavy atom. The SMILES string of the molecule is CC1(C)CC(OC(=O)CI)C(C)(C)N1[OH2+]. The Kier molecular flexibility index (Phi) is 3.67. The molecule has 0 aromatic rings. The Balaban J connectivity index is 2.80. The molecule has 0 aromatic heterocycles. The number of carbonyl (C=O) groups excluding carboxylic acids is 1. The molecule has 5 heteroatoms. The fourth-order valence-corrected chi connectivity index (χ4v) is 2.27. The van der Waals surface area contributed by atoms with Gasteiger partial charge in [-0.05, 0) is 27.7 Å². The Morgan fingerprint density at radius 1 is 1.53 bits per heavy atom. The van der Waals surface area contributed by atoms with E-state index in [0.717, 1.165) is 0 Å². The molecule has 4 nitrogen and oxygen atoms in total. The highest BCUT2D eigenvalue weighted by Crippen LogP contribution is 2.40. The predicted molar refractivity (Wildman–Crippen MR) is 67.0 cm³/mol. The first-order valence-electron chi connectivity index (χ1n) is 4.99. The van der Waals surface area contributed by atoms with Crippen molar-refractivity contribution in [1.29, 1.82) is 0 Å². The van der Waals surface area contributed by atoms with Crippen LogP contribution in [0.4, 0.5) is 0 Å². The minimum atomic E-state index is -0.412. The summed E-state index contributed by atoms with van der Waals surface area (Å²) in [6, 6.07) is 0. The van der Waals surface area contributed by atoms with Crippen LogP contribution in [-0.2, 0) is 9.53 Å². The molecule has 0 amide bonds. The maximum atomic E-state index is 11.3. The number of esters is 1. The van der Waals surface area contributed by atoms with Gasteiger partial charge in [-0.25, -0.2) is 0 Å².